The molecule has 0 aliphatic heterocycles. The second-order valence-electron chi connectivity index (χ2n) is 6.31. The van der Waals surface area contributed by atoms with Crippen molar-refractivity contribution in [3.05, 3.63) is 54.2 Å². The third-order valence-electron chi connectivity index (χ3n) is 4.24. The number of rotatable bonds is 6. The molecule has 0 amide bonds. The van der Waals surface area contributed by atoms with Gasteiger partial charge in [-0.2, -0.15) is 0 Å². The van der Waals surface area contributed by atoms with E-state index in [1.807, 2.05) is 24.6 Å². The van der Waals surface area contributed by atoms with Crippen LogP contribution in [0.3, 0.4) is 0 Å². The van der Waals surface area contributed by atoms with Crippen LogP contribution in [-0.4, -0.2) is 31.2 Å². The van der Waals surface area contributed by atoms with Gasteiger partial charge in [0.25, 0.3) is 0 Å². The quantitative estimate of drug-likeness (QED) is 0.743. The van der Waals surface area contributed by atoms with Crippen molar-refractivity contribution in [1.29, 1.82) is 0 Å². The van der Waals surface area contributed by atoms with Gasteiger partial charge in [0, 0.05) is 29.2 Å². The molecular formula is C20H24N4O. The van der Waals surface area contributed by atoms with Gasteiger partial charge < -0.3 is 9.67 Å². The van der Waals surface area contributed by atoms with Crippen LogP contribution in [-0.2, 0) is 6.42 Å². The summed E-state index contributed by atoms with van der Waals surface area (Å²) in [5.74, 6) is 1.66. The monoisotopic (exact) mass is 336 g/mol. The second-order valence-corrected chi connectivity index (χ2v) is 6.31. The number of aryl methyl sites for hydroxylation is 2. The van der Waals surface area contributed by atoms with Crippen molar-refractivity contribution < 1.29 is 5.11 Å². The van der Waals surface area contributed by atoms with Crippen molar-refractivity contribution in [2.75, 3.05) is 6.61 Å². The number of hydrogen-bond donors (Lipinski definition) is 1. The van der Waals surface area contributed by atoms with Crippen LogP contribution in [0, 0.1) is 6.92 Å². The second kappa shape index (κ2) is 7.57. The van der Waals surface area contributed by atoms with Crippen molar-refractivity contribution in [3.8, 4) is 22.6 Å². The lowest BCUT2D eigenvalue weighted by Crippen LogP contribution is -2.09. The van der Waals surface area contributed by atoms with Gasteiger partial charge in [0.1, 0.15) is 11.6 Å². The van der Waals surface area contributed by atoms with Gasteiger partial charge in [0.15, 0.2) is 0 Å². The van der Waals surface area contributed by atoms with Gasteiger partial charge in [0.2, 0.25) is 0 Å². The van der Waals surface area contributed by atoms with E-state index in [4.69, 9.17) is 0 Å². The van der Waals surface area contributed by atoms with Gasteiger partial charge in [0.05, 0.1) is 18.3 Å². The van der Waals surface area contributed by atoms with Crippen LogP contribution in [0.15, 0.2) is 42.7 Å². The van der Waals surface area contributed by atoms with Gasteiger partial charge in [-0.25, -0.2) is 15.0 Å². The number of imidazole rings is 1. The summed E-state index contributed by atoms with van der Waals surface area (Å²) in [6.45, 7) is 6.14. The van der Waals surface area contributed by atoms with Crippen molar-refractivity contribution in [2.45, 2.75) is 39.7 Å². The maximum absolute atomic E-state index is 9.40. The van der Waals surface area contributed by atoms with E-state index in [-0.39, 0.29) is 12.6 Å². The Bertz CT molecular complexity index is 839. The lowest BCUT2D eigenvalue weighted by molar-refractivity contribution is 0.240. The molecule has 3 aromatic rings. The Morgan fingerprint density at radius 1 is 1.12 bits per heavy atom. The summed E-state index contributed by atoms with van der Waals surface area (Å²) in [5, 5.41) is 9.40. The Hall–Kier alpha value is -2.53. The summed E-state index contributed by atoms with van der Waals surface area (Å²) in [6.07, 6.45) is 5.70. The van der Waals surface area contributed by atoms with E-state index in [0.717, 1.165) is 47.0 Å². The normalized spacial score (nSPS) is 12.3. The molecule has 2 aromatic heterocycles. The zero-order valence-electron chi connectivity index (χ0n) is 15.0. The number of aromatic nitrogens is 4. The fourth-order valence-electron chi connectivity index (χ4n) is 2.93. The first kappa shape index (κ1) is 17.3. The van der Waals surface area contributed by atoms with E-state index in [0.29, 0.717) is 0 Å². The molecular weight excluding hydrogens is 312 g/mol. The zero-order valence-corrected chi connectivity index (χ0v) is 15.0. The van der Waals surface area contributed by atoms with Gasteiger partial charge in [-0.3, -0.25) is 0 Å². The molecule has 0 aliphatic rings. The molecule has 5 heteroatoms. The maximum Gasteiger partial charge on any atom is 0.140 e. The topological polar surface area (TPSA) is 63.8 Å². The Kier molecular flexibility index (Phi) is 5.24. The highest BCUT2D eigenvalue weighted by Crippen LogP contribution is 2.25. The molecule has 1 aromatic carbocycles. The van der Waals surface area contributed by atoms with Gasteiger partial charge in [-0.05, 0) is 26.3 Å². The SMILES string of the molecule is CCCc1cc(-c2ccc(-c3nccn3C(C)CO)cc2)nc(C)n1. The smallest absolute Gasteiger partial charge is 0.140 e. The first-order valence-electron chi connectivity index (χ1n) is 8.71. The Morgan fingerprint density at radius 2 is 1.84 bits per heavy atom. The molecule has 0 radical (unpaired) electrons. The number of nitrogens with zero attached hydrogens (tertiary/aromatic N) is 4. The largest absolute Gasteiger partial charge is 0.394 e. The van der Waals surface area contributed by atoms with Crippen molar-refractivity contribution in [2.24, 2.45) is 0 Å². The molecule has 1 N–H and O–H groups in total. The zero-order chi connectivity index (χ0) is 17.8. The minimum Gasteiger partial charge on any atom is -0.394 e. The minimum absolute atomic E-state index is 0.00158. The lowest BCUT2D eigenvalue weighted by atomic mass is 10.1. The third kappa shape index (κ3) is 3.77. The highest BCUT2D eigenvalue weighted by atomic mass is 16.3. The lowest BCUT2D eigenvalue weighted by Gasteiger charge is -2.14. The van der Waals surface area contributed by atoms with Crippen LogP contribution in [0.1, 0.15) is 37.8 Å². The molecule has 0 aliphatic carbocycles. The molecule has 0 spiro atoms. The molecule has 5 nitrogen and oxygen atoms in total. The van der Waals surface area contributed by atoms with E-state index >= 15 is 0 Å². The van der Waals surface area contributed by atoms with E-state index < -0.39 is 0 Å². The van der Waals surface area contributed by atoms with Crippen molar-refractivity contribution in [3.63, 3.8) is 0 Å². The van der Waals surface area contributed by atoms with Crippen LogP contribution in [0.2, 0.25) is 0 Å². The average Bonchev–Trinajstić information content (AvgIpc) is 3.11. The molecule has 0 saturated carbocycles. The maximum atomic E-state index is 9.40. The highest BCUT2D eigenvalue weighted by molar-refractivity contribution is 5.65. The summed E-state index contributed by atoms with van der Waals surface area (Å²) >= 11 is 0. The molecule has 1 atom stereocenters. The first-order valence-corrected chi connectivity index (χ1v) is 8.71. The van der Waals surface area contributed by atoms with Crippen LogP contribution in [0.25, 0.3) is 22.6 Å². The highest BCUT2D eigenvalue weighted by Gasteiger charge is 2.11. The standard InChI is InChI=1S/C20H24N4O/c1-4-5-18-12-19(23-15(3)22-18)16-6-8-17(9-7-16)20-21-10-11-24(20)14(2)13-25/h6-12,14,25H,4-5,13H2,1-3H3. The Morgan fingerprint density at radius 3 is 2.52 bits per heavy atom. The molecule has 0 bridgehead atoms. The van der Waals surface area contributed by atoms with Crippen molar-refractivity contribution in [1.82, 2.24) is 19.5 Å². The fraction of sp³-hybridized carbons (Fsp3) is 0.350. The van der Waals surface area contributed by atoms with E-state index in [1.54, 1.807) is 6.20 Å². The van der Waals surface area contributed by atoms with Gasteiger partial charge in [-0.1, -0.05) is 37.6 Å². The van der Waals surface area contributed by atoms with E-state index in [1.165, 1.54) is 0 Å². The third-order valence-corrected chi connectivity index (χ3v) is 4.24. The summed E-state index contributed by atoms with van der Waals surface area (Å²) in [5.41, 5.74) is 4.13. The average molecular weight is 336 g/mol. The van der Waals surface area contributed by atoms with Crippen LogP contribution in [0.4, 0.5) is 0 Å². The minimum atomic E-state index is -0.00158. The fourth-order valence-corrected chi connectivity index (χ4v) is 2.93. The molecule has 25 heavy (non-hydrogen) atoms. The van der Waals surface area contributed by atoms with Crippen LogP contribution in [0.5, 0.6) is 0 Å². The molecule has 3 rings (SSSR count). The number of aliphatic hydroxyl groups excluding tert-OH is 1. The van der Waals surface area contributed by atoms with Gasteiger partial charge >= 0.3 is 0 Å². The summed E-state index contributed by atoms with van der Waals surface area (Å²) < 4.78 is 1.99. The predicted molar refractivity (Wildman–Crippen MR) is 99.2 cm³/mol. The molecule has 0 fully saturated rings. The Labute approximate surface area is 148 Å². The molecule has 2 heterocycles. The summed E-state index contributed by atoms with van der Waals surface area (Å²) in [6, 6.07) is 10.3. The number of benzene rings is 1. The molecule has 0 saturated heterocycles. The Balaban J connectivity index is 1.92. The van der Waals surface area contributed by atoms with Crippen molar-refractivity contribution >= 4 is 0 Å². The summed E-state index contributed by atoms with van der Waals surface area (Å²) in [4.78, 5) is 13.5. The molecule has 130 valence electrons. The van der Waals surface area contributed by atoms with E-state index in [9.17, 15) is 5.11 Å². The van der Waals surface area contributed by atoms with Gasteiger partial charge in [-0.15, -0.1) is 0 Å². The predicted octanol–water partition coefficient (Wildman–Crippen LogP) is 3.82. The van der Waals surface area contributed by atoms with E-state index in [2.05, 4.69) is 52.2 Å². The molecule has 1 unspecified atom stereocenters. The van der Waals surface area contributed by atoms with Crippen LogP contribution >= 0.6 is 0 Å². The van der Waals surface area contributed by atoms with Crippen LogP contribution < -0.4 is 0 Å². The summed E-state index contributed by atoms with van der Waals surface area (Å²) in [7, 11) is 0. The number of hydrogen-bond acceptors (Lipinski definition) is 4. The number of aliphatic hydroxyl groups is 1. The first-order chi connectivity index (χ1) is 12.1.